The van der Waals surface area contributed by atoms with Crippen LogP contribution < -0.4 is 5.32 Å². The molecule has 5 nitrogen and oxygen atoms in total. The lowest BCUT2D eigenvalue weighted by Crippen LogP contribution is -2.49. The highest BCUT2D eigenvalue weighted by atomic mass is 35.5. The zero-order valence-electron chi connectivity index (χ0n) is 11.9. The normalized spacial score (nSPS) is 14.8. The molecule has 1 N–H and O–H groups in total. The Balaban J connectivity index is 1.87. The lowest BCUT2D eigenvalue weighted by molar-refractivity contribution is -0.123. The maximum Gasteiger partial charge on any atom is 0.266 e. The average Bonchev–Trinajstić information content (AvgIpc) is 2.89. The molecule has 0 radical (unpaired) electrons. The van der Waals surface area contributed by atoms with Crippen molar-refractivity contribution in [2.45, 2.75) is 6.92 Å². The average molecular weight is 336 g/mol. The molecule has 2 aromatic rings. The van der Waals surface area contributed by atoms with Crippen LogP contribution in [0.25, 0.3) is 10.6 Å². The number of benzene rings is 1. The number of amides is 2. The van der Waals surface area contributed by atoms with Gasteiger partial charge in [0.1, 0.15) is 9.88 Å². The number of aromatic nitrogens is 1. The van der Waals surface area contributed by atoms with Crippen LogP contribution in [0, 0.1) is 6.92 Å². The van der Waals surface area contributed by atoms with Gasteiger partial charge in [0.25, 0.3) is 5.91 Å². The van der Waals surface area contributed by atoms with E-state index in [2.05, 4.69) is 10.3 Å². The molecule has 0 saturated carbocycles. The van der Waals surface area contributed by atoms with Crippen LogP contribution in [0.15, 0.2) is 24.3 Å². The topological polar surface area (TPSA) is 62.3 Å². The minimum absolute atomic E-state index is 0.104. The first-order chi connectivity index (χ1) is 10.5. The molecule has 1 aliphatic heterocycles. The molecule has 1 fully saturated rings. The molecule has 3 rings (SSSR count). The van der Waals surface area contributed by atoms with Crippen LogP contribution in [0.1, 0.15) is 15.4 Å². The molecular weight excluding hydrogens is 322 g/mol. The van der Waals surface area contributed by atoms with Crippen molar-refractivity contribution in [3.63, 3.8) is 0 Å². The summed E-state index contributed by atoms with van der Waals surface area (Å²) in [4.78, 5) is 30.6. The SMILES string of the molecule is Cc1nc(-c2ccc(Cl)cc2)sc1C(=O)N1CCNC(=O)C1. The second-order valence-corrected chi connectivity index (χ2v) is 6.45. The van der Waals surface area contributed by atoms with Gasteiger partial charge in [-0.3, -0.25) is 9.59 Å². The van der Waals surface area contributed by atoms with Crippen LogP contribution in [0.5, 0.6) is 0 Å². The fourth-order valence-corrected chi connectivity index (χ4v) is 3.43. The molecule has 1 aliphatic rings. The monoisotopic (exact) mass is 335 g/mol. The molecule has 7 heteroatoms. The van der Waals surface area contributed by atoms with Crippen molar-refractivity contribution in [2.24, 2.45) is 0 Å². The van der Waals surface area contributed by atoms with Gasteiger partial charge in [0.15, 0.2) is 0 Å². The first-order valence-corrected chi connectivity index (χ1v) is 8.03. The Bertz CT molecular complexity index is 727. The Morgan fingerprint density at radius 1 is 1.36 bits per heavy atom. The van der Waals surface area contributed by atoms with Gasteiger partial charge in [-0.05, 0) is 19.1 Å². The van der Waals surface area contributed by atoms with E-state index >= 15 is 0 Å². The fourth-order valence-electron chi connectivity index (χ4n) is 2.27. The lowest BCUT2D eigenvalue weighted by atomic mass is 10.2. The highest BCUT2D eigenvalue weighted by Gasteiger charge is 2.25. The minimum atomic E-state index is -0.134. The van der Waals surface area contributed by atoms with Gasteiger partial charge in [-0.15, -0.1) is 11.3 Å². The second-order valence-electron chi connectivity index (χ2n) is 5.02. The van der Waals surface area contributed by atoms with E-state index in [9.17, 15) is 9.59 Å². The van der Waals surface area contributed by atoms with Crippen molar-refractivity contribution in [1.29, 1.82) is 0 Å². The predicted octanol–water partition coefficient (Wildman–Crippen LogP) is 2.34. The number of halogens is 1. The summed E-state index contributed by atoms with van der Waals surface area (Å²) in [6.07, 6.45) is 0. The Hall–Kier alpha value is -1.92. The van der Waals surface area contributed by atoms with Crippen molar-refractivity contribution in [2.75, 3.05) is 19.6 Å². The number of thiazole rings is 1. The third-order valence-corrected chi connectivity index (χ3v) is 4.85. The zero-order valence-corrected chi connectivity index (χ0v) is 13.5. The molecule has 0 atom stereocenters. The number of carbonyl (C=O) groups excluding carboxylic acids is 2. The van der Waals surface area contributed by atoms with E-state index in [0.717, 1.165) is 10.6 Å². The standard InChI is InChI=1S/C15H14ClN3O2S/c1-9-13(15(21)19-7-6-17-12(20)8-19)22-14(18-9)10-2-4-11(16)5-3-10/h2-5H,6-8H2,1H3,(H,17,20). The van der Waals surface area contributed by atoms with E-state index in [1.54, 1.807) is 17.0 Å². The van der Waals surface area contributed by atoms with Crippen LogP contribution in [0.4, 0.5) is 0 Å². The minimum Gasteiger partial charge on any atom is -0.353 e. The summed E-state index contributed by atoms with van der Waals surface area (Å²) in [7, 11) is 0. The van der Waals surface area contributed by atoms with Crippen LogP contribution >= 0.6 is 22.9 Å². The van der Waals surface area contributed by atoms with Gasteiger partial charge in [0, 0.05) is 23.7 Å². The summed E-state index contributed by atoms with van der Waals surface area (Å²) < 4.78 is 0. The maximum absolute atomic E-state index is 12.6. The van der Waals surface area contributed by atoms with Gasteiger partial charge in [-0.2, -0.15) is 0 Å². The highest BCUT2D eigenvalue weighted by molar-refractivity contribution is 7.17. The molecule has 1 aromatic heterocycles. The third-order valence-electron chi connectivity index (χ3n) is 3.41. The molecule has 2 heterocycles. The summed E-state index contributed by atoms with van der Waals surface area (Å²) in [6, 6.07) is 7.35. The Kier molecular flexibility index (Phi) is 4.13. The fraction of sp³-hybridized carbons (Fsp3) is 0.267. The summed E-state index contributed by atoms with van der Waals surface area (Å²) >= 11 is 7.23. The van der Waals surface area contributed by atoms with E-state index in [1.165, 1.54) is 11.3 Å². The van der Waals surface area contributed by atoms with E-state index in [4.69, 9.17) is 11.6 Å². The number of hydrogen-bond acceptors (Lipinski definition) is 4. The summed E-state index contributed by atoms with van der Waals surface area (Å²) in [6.45, 7) is 2.93. The smallest absolute Gasteiger partial charge is 0.266 e. The van der Waals surface area contributed by atoms with Crippen LogP contribution in [-0.4, -0.2) is 41.3 Å². The Morgan fingerprint density at radius 2 is 2.09 bits per heavy atom. The maximum atomic E-state index is 12.6. The summed E-state index contributed by atoms with van der Waals surface area (Å²) in [5, 5.41) is 4.15. The van der Waals surface area contributed by atoms with Gasteiger partial charge in [-0.25, -0.2) is 4.98 Å². The summed E-state index contributed by atoms with van der Waals surface area (Å²) in [5.74, 6) is -0.259. The van der Waals surface area contributed by atoms with Crippen molar-refractivity contribution >= 4 is 34.8 Å². The molecule has 1 aromatic carbocycles. The molecule has 1 saturated heterocycles. The predicted molar refractivity (Wildman–Crippen MR) is 86.2 cm³/mol. The lowest BCUT2D eigenvalue weighted by Gasteiger charge is -2.26. The van der Waals surface area contributed by atoms with E-state index in [0.29, 0.717) is 28.7 Å². The Labute approximate surface area is 136 Å². The Morgan fingerprint density at radius 3 is 2.77 bits per heavy atom. The van der Waals surface area contributed by atoms with Gasteiger partial charge in [-0.1, -0.05) is 23.7 Å². The molecule has 0 spiro atoms. The van der Waals surface area contributed by atoms with Crippen LogP contribution in [0.2, 0.25) is 5.02 Å². The van der Waals surface area contributed by atoms with Crippen molar-refractivity contribution in [3.8, 4) is 10.6 Å². The second kappa shape index (κ2) is 6.06. The molecular formula is C15H14ClN3O2S. The number of rotatable bonds is 2. The molecule has 2 amide bonds. The molecule has 0 bridgehead atoms. The number of aryl methyl sites for hydroxylation is 1. The van der Waals surface area contributed by atoms with Crippen LogP contribution in [0.3, 0.4) is 0 Å². The van der Waals surface area contributed by atoms with Crippen molar-refractivity contribution < 1.29 is 9.59 Å². The van der Waals surface area contributed by atoms with Gasteiger partial charge >= 0.3 is 0 Å². The highest BCUT2D eigenvalue weighted by Crippen LogP contribution is 2.29. The number of carbonyl (C=O) groups is 2. The number of nitrogens with zero attached hydrogens (tertiary/aromatic N) is 2. The molecule has 0 unspecified atom stereocenters. The quantitative estimate of drug-likeness (QED) is 0.916. The van der Waals surface area contributed by atoms with Crippen molar-refractivity contribution in [1.82, 2.24) is 15.2 Å². The largest absolute Gasteiger partial charge is 0.353 e. The van der Waals surface area contributed by atoms with Crippen molar-refractivity contribution in [3.05, 3.63) is 39.9 Å². The zero-order chi connectivity index (χ0) is 15.7. The first-order valence-electron chi connectivity index (χ1n) is 6.84. The van der Waals surface area contributed by atoms with Gasteiger partial charge < -0.3 is 10.2 Å². The molecule has 22 heavy (non-hydrogen) atoms. The molecule has 0 aliphatic carbocycles. The molecule has 114 valence electrons. The number of nitrogens with one attached hydrogen (secondary N) is 1. The first kappa shape index (κ1) is 15.0. The van der Waals surface area contributed by atoms with E-state index < -0.39 is 0 Å². The van der Waals surface area contributed by atoms with Crippen LogP contribution in [-0.2, 0) is 4.79 Å². The van der Waals surface area contributed by atoms with E-state index in [1.807, 2.05) is 19.1 Å². The number of hydrogen-bond donors (Lipinski definition) is 1. The summed E-state index contributed by atoms with van der Waals surface area (Å²) in [5.41, 5.74) is 1.61. The van der Waals surface area contributed by atoms with Gasteiger partial charge in [0.2, 0.25) is 5.91 Å². The number of piperazine rings is 1. The third kappa shape index (κ3) is 2.98. The van der Waals surface area contributed by atoms with E-state index in [-0.39, 0.29) is 18.4 Å². The van der Waals surface area contributed by atoms with Gasteiger partial charge in [0.05, 0.1) is 12.2 Å².